The third-order valence-corrected chi connectivity index (χ3v) is 0. The van der Waals surface area contributed by atoms with Crippen molar-refractivity contribution in [1.29, 1.82) is 0 Å². The van der Waals surface area contributed by atoms with Gasteiger partial charge in [-0.05, 0) is 0 Å². The minimum atomic E-state index is 0. The van der Waals surface area contributed by atoms with Gasteiger partial charge in [-0.25, -0.2) is 0 Å². The van der Waals surface area contributed by atoms with Crippen LogP contribution in [0.3, 0.4) is 0 Å². The summed E-state index contributed by atoms with van der Waals surface area (Å²) in [6.07, 6.45) is 0. The van der Waals surface area contributed by atoms with Gasteiger partial charge in [0.25, 0.3) is 0 Å². The first-order valence-electron chi connectivity index (χ1n) is 0. The molecule has 0 aromatic heterocycles. The zero-order valence-electron chi connectivity index (χ0n) is 5.21. The molecule has 0 fully saturated rings. The standard InChI is InChI=1S/Al.Ba.4H2O.Ti.5H/h;;4*1H2;;;;;;/q;+2;;;;;;;;;2*-1. The van der Waals surface area contributed by atoms with Gasteiger partial charge in [-0.2, -0.15) is 0 Å². The summed E-state index contributed by atoms with van der Waals surface area (Å²) in [6, 6.07) is 0. The van der Waals surface area contributed by atoms with Gasteiger partial charge in [0.15, 0.2) is 17.4 Å². The van der Waals surface area contributed by atoms with E-state index in [-0.39, 0.29) is 113 Å². The Kier molecular flexibility index (Phi) is 1050. The predicted octanol–water partition coefficient (Wildman–Crippen LogP) is -4.64. The zero-order valence-corrected chi connectivity index (χ0v) is 9.21. The van der Waals surface area contributed by atoms with Gasteiger partial charge < -0.3 is 24.8 Å². The van der Waals surface area contributed by atoms with Crippen LogP contribution in [0.1, 0.15) is 2.85 Å². The van der Waals surface area contributed by atoms with Crippen LogP contribution in [-0.4, -0.2) is 88.1 Å². The molecule has 7 heteroatoms. The molecule has 7 heavy (non-hydrogen) atoms. The van der Waals surface area contributed by atoms with Gasteiger partial charge in [-0.15, -0.1) is 0 Å². The van der Waals surface area contributed by atoms with Crippen LogP contribution < -0.4 is 0 Å². The van der Waals surface area contributed by atoms with Gasteiger partial charge in [0.05, 0.1) is 0 Å². The van der Waals surface area contributed by atoms with Crippen LogP contribution >= 0.6 is 0 Å². The van der Waals surface area contributed by atoms with Crippen molar-refractivity contribution in [3.63, 3.8) is 0 Å². The van der Waals surface area contributed by atoms with Gasteiger partial charge in [0.2, 0.25) is 0 Å². The zero-order chi connectivity index (χ0) is 0. The maximum atomic E-state index is 0. The minimum absolute atomic E-state index is 0. The van der Waals surface area contributed by atoms with E-state index in [1.165, 1.54) is 0 Å². The molecule has 0 saturated carbocycles. The quantitative estimate of drug-likeness (QED) is 0.398. The fourth-order valence-corrected chi connectivity index (χ4v) is 0. The monoisotopic (exact) mass is 290 g/mol. The molecule has 46 valence electrons. The molecule has 0 atom stereocenters. The van der Waals surface area contributed by atoms with Crippen molar-refractivity contribution in [3.8, 4) is 0 Å². The molecule has 8 N–H and O–H groups in total. The third-order valence-electron chi connectivity index (χ3n) is 0. The fourth-order valence-electron chi connectivity index (χ4n) is 0. The Morgan fingerprint density at radius 2 is 0.714 bits per heavy atom. The van der Waals surface area contributed by atoms with E-state index in [0.29, 0.717) is 0 Å². The summed E-state index contributed by atoms with van der Waals surface area (Å²) in [4.78, 5) is 0. The first kappa shape index (κ1) is 102. The molecule has 0 aliphatic rings. The molecule has 0 heterocycles. The van der Waals surface area contributed by atoms with Crippen LogP contribution in [0.2, 0.25) is 0 Å². The molecule has 0 aliphatic carbocycles. The Morgan fingerprint density at radius 3 is 0.714 bits per heavy atom. The normalized spacial score (nSPS) is 0. The van der Waals surface area contributed by atoms with Crippen molar-refractivity contribution in [2.45, 2.75) is 0 Å². The van der Waals surface area contributed by atoms with Gasteiger partial charge in [0, 0.05) is 21.7 Å². The van der Waals surface area contributed by atoms with E-state index in [9.17, 15) is 0 Å². The Morgan fingerprint density at radius 1 is 0.714 bits per heavy atom. The summed E-state index contributed by atoms with van der Waals surface area (Å²) in [5.41, 5.74) is 0. The summed E-state index contributed by atoms with van der Waals surface area (Å²) in [6.45, 7) is 0. The van der Waals surface area contributed by atoms with Crippen molar-refractivity contribution in [2.24, 2.45) is 0 Å². The molecule has 0 unspecified atom stereocenters. The third kappa shape index (κ3) is 54.3. The van der Waals surface area contributed by atoms with Crippen LogP contribution in [0.4, 0.5) is 0 Å². The van der Waals surface area contributed by atoms with E-state index < -0.39 is 0 Å². The van der Waals surface area contributed by atoms with E-state index in [0.717, 1.165) is 0 Å². The number of hydrogen-bond acceptors (Lipinski definition) is 0. The van der Waals surface area contributed by atoms with Crippen molar-refractivity contribution < 1.29 is 46.5 Å². The molecule has 0 saturated heterocycles. The first-order valence-corrected chi connectivity index (χ1v) is 0. The van der Waals surface area contributed by atoms with Crippen LogP contribution in [0.5, 0.6) is 0 Å². The Bertz CT molecular complexity index is 18.5. The maximum absolute atomic E-state index is 0. The van der Waals surface area contributed by atoms with Crippen LogP contribution in [0, 0.1) is 0 Å². The Hall–Kier alpha value is 2.66. The second kappa shape index (κ2) is 71.9. The molecule has 0 rings (SSSR count). The van der Waals surface area contributed by atoms with E-state index in [2.05, 4.69) is 0 Å². The van der Waals surface area contributed by atoms with Gasteiger partial charge >= 0.3 is 48.9 Å². The summed E-state index contributed by atoms with van der Waals surface area (Å²) in [5, 5.41) is 0. The second-order valence-corrected chi connectivity index (χ2v) is 0. The fraction of sp³-hybridized carbons (Fsp3) is 0. The molecule has 0 spiro atoms. The van der Waals surface area contributed by atoms with Crippen LogP contribution in [0.15, 0.2) is 0 Å². The van der Waals surface area contributed by atoms with Crippen LogP contribution in [-0.2, 0) is 21.7 Å². The van der Waals surface area contributed by atoms with E-state index in [1.54, 1.807) is 0 Å². The van der Waals surface area contributed by atoms with Crippen molar-refractivity contribution >= 4 is 66.2 Å². The Balaban J connectivity index is 0. The molecule has 0 aromatic rings. The SMILES string of the molecule is O.O.O.O.[AlH3].[Ba+2].[H-].[H-].[Ti]. The molecule has 0 amide bonds. The second-order valence-electron chi connectivity index (χ2n) is 0. The summed E-state index contributed by atoms with van der Waals surface area (Å²) in [5.74, 6) is 0. The molecular weight excluding hydrogens is 276 g/mol. The summed E-state index contributed by atoms with van der Waals surface area (Å²) < 4.78 is 0. The van der Waals surface area contributed by atoms with Crippen molar-refractivity contribution in [2.75, 3.05) is 0 Å². The Labute approximate surface area is 111 Å². The van der Waals surface area contributed by atoms with Crippen molar-refractivity contribution in [1.82, 2.24) is 0 Å². The molecule has 0 radical (unpaired) electrons. The predicted molar refractivity (Wildman–Crippen MR) is 32.4 cm³/mol. The molecule has 0 bridgehead atoms. The van der Waals surface area contributed by atoms with E-state index >= 15 is 0 Å². The minimum Gasteiger partial charge on any atom is -1.00 e. The van der Waals surface area contributed by atoms with Gasteiger partial charge in [-0.1, -0.05) is 0 Å². The number of rotatable bonds is 0. The van der Waals surface area contributed by atoms with Gasteiger partial charge in [0.1, 0.15) is 0 Å². The average molecular weight is 289 g/mol. The van der Waals surface area contributed by atoms with E-state index in [4.69, 9.17) is 0 Å². The summed E-state index contributed by atoms with van der Waals surface area (Å²) in [7, 11) is 0. The average Bonchev–Trinajstić information content (AvgIpc) is 0. The largest absolute Gasteiger partial charge is 2.00 e. The first-order chi connectivity index (χ1) is 0. The van der Waals surface area contributed by atoms with Crippen molar-refractivity contribution in [3.05, 3.63) is 0 Å². The number of hydrogen-bond donors (Lipinski definition) is 0. The molecule has 0 aliphatic heterocycles. The van der Waals surface area contributed by atoms with Gasteiger partial charge in [-0.3, -0.25) is 0 Å². The smallest absolute Gasteiger partial charge is 1.00 e. The van der Waals surface area contributed by atoms with E-state index in [1.807, 2.05) is 0 Å². The molecule has 0 aromatic carbocycles. The topological polar surface area (TPSA) is 126 Å². The molecule has 4 nitrogen and oxygen atoms in total. The summed E-state index contributed by atoms with van der Waals surface area (Å²) >= 11 is 0. The maximum Gasteiger partial charge on any atom is 2.00 e. The molecular formula is H13AlBaO4Ti. The van der Waals surface area contributed by atoms with Crippen LogP contribution in [0.25, 0.3) is 0 Å².